The average molecular weight is 783 g/mol. The summed E-state index contributed by atoms with van der Waals surface area (Å²) in [7, 11) is 0. The van der Waals surface area contributed by atoms with Gasteiger partial charge in [-0.05, 0) is 99.3 Å². The van der Waals surface area contributed by atoms with Gasteiger partial charge in [-0.15, -0.1) is 0 Å². The average Bonchev–Trinajstić information content (AvgIpc) is 3.17. The van der Waals surface area contributed by atoms with E-state index in [-0.39, 0.29) is 38.4 Å². The maximum Gasteiger partial charge on any atom is 0.335 e. The summed E-state index contributed by atoms with van der Waals surface area (Å²) in [4.78, 5) is 12.7. The Morgan fingerprint density at radius 2 is 0.930 bits per heavy atom. The van der Waals surface area contributed by atoms with Gasteiger partial charge in [-0.1, -0.05) is 175 Å². The molecule has 0 spiro atoms. The molecular weight excluding hydrogens is 701 g/mol. The zero-order chi connectivity index (χ0) is 44.1. The van der Waals surface area contributed by atoms with E-state index >= 15 is 0 Å². The van der Waals surface area contributed by atoms with Gasteiger partial charge in [0.2, 0.25) is 0 Å². The van der Waals surface area contributed by atoms with Crippen molar-refractivity contribution in [2.24, 2.45) is 0 Å². The number of phenols is 2. The number of phenolic OH excluding ortho intramolecular Hbond substituents is 2. The molecule has 4 nitrogen and oxygen atoms in total. The Morgan fingerprint density at radius 3 is 1.37 bits per heavy atom. The molecule has 0 radical (unpaired) electrons. The van der Waals surface area contributed by atoms with Gasteiger partial charge in [-0.3, -0.25) is 0 Å². The first kappa shape index (κ1) is 49.6. The number of carbonyl (C=O) groups excluding carboxylic acids is 1. The summed E-state index contributed by atoms with van der Waals surface area (Å²) in [5, 5.41) is 21.9. The number of carbonyl (C=O) groups is 1. The first-order valence-electron chi connectivity index (χ1n) is 21.8. The molecule has 0 fully saturated rings. The summed E-state index contributed by atoms with van der Waals surface area (Å²) >= 11 is 0. The minimum absolute atomic E-state index is 0.0317. The fourth-order valence-corrected chi connectivity index (χ4v) is 6.87. The van der Waals surface area contributed by atoms with Gasteiger partial charge in [0.25, 0.3) is 0 Å². The zero-order valence-corrected chi connectivity index (χ0v) is 39.9. The Kier molecular flexibility index (Phi) is 16.2. The number of esters is 1. The molecule has 4 heteroatoms. The minimum atomic E-state index is -0.470. The normalized spacial score (nSPS) is 13.5. The third-order valence-electron chi connectivity index (χ3n) is 14.4. The van der Waals surface area contributed by atoms with Crippen LogP contribution in [0.3, 0.4) is 0 Å². The summed E-state index contributed by atoms with van der Waals surface area (Å²) in [5.41, 5.74) is 8.25. The van der Waals surface area contributed by atoms with Gasteiger partial charge < -0.3 is 14.9 Å². The molecule has 1 unspecified atom stereocenters. The van der Waals surface area contributed by atoms with Gasteiger partial charge >= 0.3 is 5.97 Å². The van der Waals surface area contributed by atoms with Crippen molar-refractivity contribution in [1.82, 2.24) is 0 Å². The fraction of sp³-hybridized carbons (Fsp3) is 0.604. The first-order valence-corrected chi connectivity index (χ1v) is 21.8. The lowest BCUT2D eigenvalue weighted by Gasteiger charge is -2.34. The summed E-state index contributed by atoms with van der Waals surface area (Å²) in [6.45, 7) is 45.7. The molecular formula is C53H82O4. The highest BCUT2D eigenvalue weighted by Crippen LogP contribution is 2.49. The molecule has 0 bridgehead atoms. The first-order chi connectivity index (χ1) is 26.1. The van der Waals surface area contributed by atoms with Gasteiger partial charge in [-0.25, -0.2) is 4.79 Å². The van der Waals surface area contributed by atoms with Crippen molar-refractivity contribution in [1.29, 1.82) is 0 Å². The predicted octanol–water partition coefficient (Wildman–Crippen LogP) is 15.2. The summed E-state index contributed by atoms with van der Waals surface area (Å²) in [6.07, 6.45) is 7.09. The molecule has 0 amide bonds. The molecule has 0 saturated carbocycles. The van der Waals surface area contributed by atoms with Crippen LogP contribution < -0.4 is 4.74 Å². The topological polar surface area (TPSA) is 66.8 Å². The number of rotatable bonds is 16. The van der Waals surface area contributed by atoms with E-state index in [1.807, 2.05) is 12.1 Å². The van der Waals surface area contributed by atoms with Gasteiger partial charge in [0, 0.05) is 34.2 Å². The second-order valence-electron chi connectivity index (χ2n) is 20.4. The number of hydrogen-bond acceptors (Lipinski definition) is 4. The summed E-state index contributed by atoms with van der Waals surface area (Å²) < 4.78 is 6.10. The largest absolute Gasteiger partial charge is 0.508 e. The molecule has 0 saturated heterocycles. The monoisotopic (exact) mass is 783 g/mol. The van der Waals surface area contributed by atoms with Crippen molar-refractivity contribution in [2.75, 3.05) is 0 Å². The van der Waals surface area contributed by atoms with E-state index in [9.17, 15) is 15.0 Å². The van der Waals surface area contributed by atoms with Crippen molar-refractivity contribution in [2.45, 2.75) is 208 Å². The van der Waals surface area contributed by atoms with Gasteiger partial charge in [0.1, 0.15) is 17.2 Å². The number of aromatic hydroxyl groups is 2. The van der Waals surface area contributed by atoms with Crippen molar-refractivity contribution in [3.63, 3.8) is 0 Å². The van der Waals surface area contributed by atoms with Gasteiger partial charge in [0.05, 0.1) is 0 Å². The van der Waals surface area contributed by atoms with Crippen LogP contribution in [0.2, 0.25) is 0 Å². The molecule has 1 atom stereocenters. The van der Waals surface area contributed by atoms with Crippen LogP contribution in [-0.2, 0) is 37.3 Å². The van der Waals surface area contributed by atoms with E-state index in [2.05, 4.69) is 168 Å². The second-order valence-corrected chi connectivity index (χ2v) is 20.4. The van der Waals surface area contributed by atoms with Gasteiger partial charge in [0.15, 0.2) is 0 Å². The van der Waals surface area contributed by atoms with Crippen LogP contribution in [0.5, 0.6) is 17.2 Å². The van der Waals surface area contributed by atoms with E-state index < -0.39 is 5.97 Å². The lowest BCUT2D eigenvalue weighted by atomic mass is 9.71. The van der Waals surface area contributed by atoms with Crippen LogP contribution in [0.1, 0.15) is 221 Å². The third kappa shape index (κ3) is 11.2. The molecule has 0 aliphatic heterocycles. The standard InChI is InChI=1S/C37H56O3.C16H26O/c1-15-31(38)40-33-28(21-26(35(9,10)17-3)23-30(33)37(13,14)19-5)24(6)27-20-25(34(7,8)16-2)22-29(32(27)39)36(11,12)18-4;1-7-15(3,4)12-9-10-14(17)13(11-12)16(5,6)8-2/h15,20-24,39H,1,16-19H2,2-14H3;9-11,17H,7-8H2,1-6H3. The van der Waals surface area contributed by atoms with Crippen molar-refractivity contribution >= 4 is 5.97 Å². The summed E-state index contributed by atoms with van der Waals surface area (Å²) in [5.74, 6) is 0.670. The number of benzene rings is 3. The molecule has 57 heavy (non-hydrogen) atoms. The molecule has 0 aliphatic rings. The SMILES string of the molecule is C=CC(=O)Oc1c(C(C)c2cc(C(C)(C)CC)cc(C(C)(C)CC)c2O)cc(C(C)(C)CC)cc1C(C)(C)CC.CCC(C)(C)c1ccc(O)c(C(C)(C)CC)c1. The smallest absolute Gasteiger partial charge is 0.335 e. The molecule has 3 aromatic carbocycles. The number of ether oxygens (including phenoxy) is 1. The molecule has 3 aromatic rings. The molecule has 0 aliphatic carbocycles. The lowest BCUT2D eigenvalue weighted by Crippen LogP contribution is -2.24. The summed E-state index contributed by atoms with van der Waals surface area (Å²) in [6, 6.07) is 14.9. The van der Waals surface area contributed by atoms with Crippen molar-refractivity contribution < 1.29 is 19.7 Å². The molecule has 318 valence electrons. The highest BCUT2D eigenvalue weighted by molar-refractivity contribution is 5.84. The lowest BCUT2D eigenvalue weighted by molar-refractivity contribution is -0.129. The van der Waals surface area contributed by atoms with E-state index in [0.29, 0.717) is 17.2 Å². The van der Waals surface area contributed by atoms with E-state index in [1.54, 1.807) is 0 Å². The second kappa shape index (κ2) is 18.6. The fourth-order valence-electron chi connectivity index (χ4n) is 6.87. The Hall–Kier alpha value is -3.53. The van der Waals surface area contributed by atoms with Crippen LogP contribution in [0, 0.1) is 0 Å². The maximum absolute atomic E-state index is 12.7. The van der Waals surface area contributed by atoms with Crippen molar-refractivity contribution in [3.8, 4) is 17.2 Å². The molecule has 0 aromatic heterocycles. The molecule has 2 N–H and O–H groups in total. The quantitative estimate of drug-likeness (QED) is 0.0863. The molecule has 0 heterocycles. The maximum atomic E-state index is 12.7. The van der Waals surface area contributed by atoms with E-state index in [0.717, 1.165) is 66.3 Å². The highest BCUT2D eigenvalue weighted by Gasteiger charge is 2.35. The zero-order valence-electron chi connectivity index (χ0n) is 39.9. The van der Waals surface area contributed by atoms with Crippen LogP contribution >= 0.6 is 0 Å². The van der Waals surface area contributed by atoms with E-state index in [4.69, 9.17) is 4.74 Å². The Morgan fingerprint density at radius 1 is 0.561 bits per heavy atom. The van der Waals surface area contributed by atoms with Crippen LogP contribution in [0.25, 0.3) is 0 Å². The van der Waals surface area contributed by atoms with E-state index in [1.165, 1.54) is 22.8 Å². The molecule has 3 rings (SSSR count). The Labute approximate surface area is 349 Å². The van der Waals surface area contributed by atoms with Gasteiger partial charge in [-0.2, -0.15) is 0 Å². The minimum Gasteiger partial charge on any atom is -0.508 e. The van der Waals surface area contributed by atoms with Crippen LogP contribution in [0.4, 0.5) is 0 Å². The Balaban J connectivity index is 0.000000548. The highest BCUT2D eigenvalue weighted by atomic mass is 16.5. The third-order valence-corrected chi connectivity index (χ3v) is 14.4. The predicted molar refractivity (Wildman–Crippen MR) is 246 cm³/mol. The Bertz CT molecular complexity index is 1850. The van der Waals surface area contributed by atoms with Crippen molar-refractivity contribution in [3.05, 3.63) is 99.6 Å². The van der Waals surface area contributed by atoms with Crippen LogP contribution in [-0.4, -0.2) is 16.2 Å². The van der Waals surface area contributed by atoms with Crippen LogP contribution in [0.15, 0.2) is 55.1 Å². The number of hydrogen-bond donors (Lipinski definition) is 2.